The van der Waals surface area contributed by atoms with Crippen molar-refractivity contribution in [1.29, 1.82) is 0 Å². The second kappa shape index (κ2) is 9.99. The van der Waals surface area contributed by atoms with Gasteiger partial charge in [0.25, 0.3) is 0 Å². The zero-order valence-electron chi connectivity index (χ0n) is 5.04. The third-order valence-electron chi connectivity index (χ3n) is 0.854. The van der Waals surface area contributed by atoms with Gasteiger partial charge >= 0.3 is 0 Å². The van der Waals surface area contributed by atoms with Crippen molar-refractivity contribution in [3.63, 3.8) is 0 Å². The molecule has 0 aromatic rings. The van der Waals surface area contributed by atoms with Crippen LogP contribution in [0.2, 0.25) is 0 Å². The molecule has 0 saturated carbocycles. The first-order valence-corrected chi connectivity index (χ1v) is 2.71. The maximum Gasteiger partial charge on any atom is 0 e. The van der Waals surface area contributed by atoms with Crippen LogP contribution >= 0.6 is 0 Å². The van der Waals surface area contributed by atoms with E-state index >= 15 is 0 Å². The van der Waals surface area contributed by atoms with E-state index in [9.17, 15) is 0 Å². The molecule has 0 aliphatic heterocycles. The van der Waals surface area contributed by atoms with Gasteiger partial charge in [0.2, 0.25) is 0 Å². The molecular formula is C6H13Zr-. The van der Waals surface area contributed by atoms with E-state index in [4.69, 9.17) is 0 Å². The van der Waals surface area contributed by atoms with Crippen LogP contribution in [0.3, 0.4) is 0 Å². The molecular weight excluding hydrogens is 163 g/mol. The molecule has 0 atom stereocenters. The van der Waals surface area contributed by atoms with Crippen LogP contribution in [0.25, 0.3) is 0 Å². The summed E-state index contributed by atoms with van der Waals surface area (Å²) in [5, 5.41) is 0. The van der Waals surface area contributed by atoms with Gasteiger partial charge in [0.1, 0.15) is 0 Å². The van der Waals surface area contributed by atoms with Crippen LogP contribution in [0, 0.1) is 6.92 Å². The normalized spacial score (nSPS) is 7.71. The predicted molar refractivity (Wildman–Crippen MR) is 29.5 cm³/mol. The molecule has 0 amide bonds. The molecule has 1 heteroatoms. The largest absolute Gasteiger partial charge is 0.343 e. The standard InChI is InChI=1S/C6H13.Zr/c1-3-5-6-4-2;/h1,3-6H2,2H3;/q-1;. The minimum absolute atomic E-state index is 0. The van der Waals surface area contributed by atoms with Crippen LogP contribution < -0.4 is 0 Å². The van der Waals surface area contributed by atoms with Crippen molar-refractivity contribution in [3.8, 4) is 0 Å². The average Bonchev–Trinajstić information content (AvgIpc) is 1.61. The molecule has 0 aliphatic rings. The molecule has 0 aromatic carbocycles. The molecule has 0 rings (SSSR count). The van der Waals surface area contributed by atoms with Gasteiger partial charge in [-0.1, -0.05) is 26.2 Å². The van der Waals surface area contributed by atoms with Gasteiger partial charge in [-0.3, -0.25) is 0 Å². The molecule has 0 N–H and O–H groups in total. The van der Waals surface area contributed by atoms with Gasteiger partial charge in [0.05, 0.1) is 0 Å². The molecule has 0 radical (unpaired) electrons. The Bertz CT molecular complexity index is 16.1. The number of hydrogen-bond donors (Lipinski definition) is 0. The van der Waals surface area contributed by atoms with Gasteiger partial charge in [-0.05, 0) is 0 Å². The van der Waals surface area contributed by atoms with Gasteiger partial charge in [0.15, 0.2) is 0 Å². The quantitative estimate of drug-likeness (QED) is 0.457. The maximum absolute atomic E-state index is 3.72. The van der Waals surface area contributed by atoms with Gasteiger partial charge in [-0.2, -0.15) is 6.42 Å². The van der Waals surface area contributed by atoms with E-state index < -0.39 is 0 Å². The van der Waals surface area contributed by atoms with Crippen molar-refractivity contribution >= 4 is 0 Å². The van der Waals surface area contributed by atoms with Crippen molar-refractivity contribution in [2.24, 2.45) is 0 Å². The van der Waals surface area contributed by atoms with E-state index in [-0.39, 0.29) is 26.2 Å². The van der Waals surface area contributed by atoms with Gasteiger partial charge in [-0.15, -0.1) is 0 Å². The molecule has 0 saturated heterocycles. The first kappa shape index (κ1) is 10.8. The number of hydrogen-bond acceptors (Lipinski definition) is 0. The smallest absolute Gasteiger partial charge is 0 e. The Morgan fingerprint density at radius 1 is 1.29 bits per heavy atom. The van der Waals surface area contributed by atoms with Gasteiger partial charge in [-0.25, -0.2) is 0 Å². The molecule has 0 heterocycles. The van der Waals surface area contributed by atoms with Crippen LogP contribution in [-0.2, 0) is 26.2 Å². The molecule has 42 valence electrons. The summed E-state index contributed by atoms with van der Waals surface area (Å²) in [5.41, 5.74) is 0. The first-order chi connectivity index (χ1) is 2.91. The summed E-state index contributed by atoms with van der Waals surface area (Å²) in [7, 11) is 0. The summed E-state index contributed by atoms with van der Waals surface area (Å²) in [6.07, 6.45) is 5.07. The monoisotopic (exact) mass is 175 g/mol. The van der Waals surface area contributed by atoms with Crippen molar-refractivity contribution in [2.75, 3.05) is 0 Å². The van der Waals surface area contributed by atoms with E-state index in [0.29, 0.717) is 0 Å². The van der Waals surface area contributed by atoms with Crippen molar-refractivity contribution in [3.05, 3.63) is 6.92 Å². The fourth-order valence-electron chi connectivity index (χ4n) is 0.427. The molecule has 0 fully saturated rings. The van der Waals surface area contributed by atoms with Crippen LogP contribution in [0.1, 0.15) is 32.6 Å². The summed E-state index contributed by atoms with van der Waals surface area (Å²) in [6.45, 7) is 5.93. The predicted octanol–water partition coefficient (Wildman–Crippen LogP) is 2.40. The first-order valence-electron chi connectivity index (χ1n) is 2.71. The summed E-state index contributed by atoms with van der Waals surface area (Å²) >= 11 is 0. The Kier molecular flexibility index (Phi) is 15.4. The van der Waals surface area contributed by atoms with Crippen LogP contribution in [0.15, 0.2) is 0 Å². The fourth-order valence-corrected chi connectivity index (χ4v) is 0.427. The number of unbranched alkanes of at least 4 members (excludes halogenated alkanes) is 3. The van der Waals surface area contributed by atoms with Crippen molar-refractivity contribution in [1.82, 2.24) is 0 Å². The fraction of sp³-hybridized carbons (Fsp3) is 0.833. The molecule has 0 nitrogen and oxygen atoms in total. The maximum atomic E-state index is 3.72. The number of rotatable bonds is 3. The van der Waals surface area contributed by atoms with E-state index in [1.165, 1.54) is 19.3 Å². The minimum Gasteiger partial charge on any atom is -0.343 e. The van der Waals surface area contributed by atoms with E-state index in [1.807, 2.05) is 0 Å². The molecule has 7 heavy (non-hydrogen) atoms. The Hall–Kier alpha value is 0.883. The Balaban J connectivity index is 0. The van der Waals surface area contributed by atoms with Crippen LogP contribution in [0.4, 0.5) is 0 Å². The van der Waals surface area contributed by atoms with Crippen LogP contribution in [-0.4, -0.2) is 0 Å². The van der Waals surface area contributed by atoms with E-state index in [2.05, 4.69) is 13.8 Å². The zero-order chi connectivity index (χ0) is 4.83. The van der Waals surface area contributed by atoms with Gasteiger partial charge in [0, 0.05) is 26.2 Å². The molecule has 0 aromatic heterocycles. The van der Waals surface area contributed by atoms with E-state index in [0.717, 1.165) is 6.42 Å². The summed E-state index contributed by atoms with van der Waals surface area (Å²) < 4.78 is 0. The second-order valence-electron chi connectivity index (χ2n) is 1.56. The minimum atomic E-state index is 0. The Morgan fingerprint density at radius 2 is 1.86 bits per heavy atom. The topological polar surface area (TPSA) is 0 Å². The molecule has 0 spiro atoms. The summed E-state index contributed by atoms with van der Waals surface area (Å²) in [5.74, 6) is 0. The average molecular weight is 176 g/mol. The SMILES string of the molecule is [CH2-]CCCCC.[Zr]. The Morgan fingerprint density at radius 3 is 2.00 bits per heavy atom. The van der Waals surface area contributed by atoms with E-state index in [1.54, 1.807) is 0 Å². The Labute approximate surface area is 65.8 Å². The van der Waals surface area contributed by atoms with Crippen LogP contribution in [0.5, 0.6) is 0 Å². The summed E-state index contributed by atoms with van der Waals surface area (Å²) in [6, 6.07) is 0. The van der Waals surface area contributed by atoms with Crippen molar-refractivity contribution in [2.45, 2.75) is 32.6 Å². The molecule has 0 unspecified atom stereocenters. The molecule has 0 bridgehead atoms. The zero-order valence-corrected chi connectivity index (χ0v) is 7.49. The second-order valence-corrected chi connectivity index (χ2v) is 1.56. The third-order valence-corrected chi connectivity index (χ3v) is 0.854. The van der Waals surface area contributed by atoms with Gasteiger partial charge < -0.3 is 6.92 Å². The summed E-state index contributed by atoms with van der Waals surface area (Å²) in [4.78, 5) is 0. The molecule has 0 aliphatic carbocycles. The van der Waals surface area contributed by atoms with Crippen molar-refractivity contribution < 1.29 is 26.2 Å². The third kappa shape index (κ3) is 10.9.